The van der Waals surface area contributed by atoms with Crippen LogP contribution in [0.1, 0.15) is 113 Å². The molecule has 2 aliphatic carbocycles. The van der Waals surface area contributed by atoms with Crippen molar-refractivity contribution in [2.75, 3.05) is 0 Å². The van der Waals surface area contributed by atoms with E-state index < -0.39 is 0 Å². The Kier molecular flexibility index (Phi) is 9.65. The lowest BCUT2D eigenvalue weighted by Crippen LogP contribution is -2.09. The molecule has 186 valence electrons. The van der Waals surface area contributed by atoms with E-state index in [0.29, 0.717) is 0 Å². The highest BCUT2D eigenvalue weighted by molar-refractivity contribution is 7.14. The van der Waals surface area contributed by atoms with Crippen LogP contribution in [0.2, 0.25) is 0 Å². The number of hydrogen-bond donors (Lipinski definition) is 0. The average molecular weight is 489 g/mol. The highest BCUT2D eigenvalue weighted by Crippen LogP contribution is 2.41. The number of Topliss-reactive ketones (excluding diaryl/α,β-unsaturated/α-hetero) is 1. The molecule has 0 N–H and O–H groups in total. The summed E-state index contributed by atoms with van der Waals surface area (Å²) >= 11 is 1.71. The van der Waals surface area contributed by atoms with Crippen LogP contribution in [-0.4, -0.2) is 16.0 Å². The molecule has 4 rings (SSSR count). The SMILES string of the molecule is CCCCCCCCC1=CC=C2C(=Cc3cc(-c4nnc(CCCCCCCC)s4)ccc32)C1=O. The molecule has 1 aromatic heterocycles. The van der Waals surface area contributed by atoms with E-state index in [-0.39, 0.29) is 5.78 Å². The highest BCUT2D eigenvalue weighted by atomic mass is 32.1. The van der Waals surface area contributed by atoms with Crippen molar-refractivity contribution >= 4 is 28.8 Å². The van der Waals surface area contributed by atoms with Crippen LogP contribution in [0.5, 0.6) is 0 Å². The Bertz CT molecular complexity index is 1100. The zero-order valence-corrected chi connectivity index (χ0v) is 22.4. The van der Waals surface area contributed by atoms with Gasteiger partial charge in [0, 0.05) is 23.1 Å². The number of ketones is 1. The molecule has 0 aliphatic heterocycles. The van der Waals surface area contributed by atoms with E-state index >= 15 is 0 Å². The summed E-state index contributed by atoms with van der Waals surface area (Å²) in [5.41, 5.74) is 6.28. The molecule has 0 amide bonds. The van der Waals surface area contributed by atoms with E-state index in [0.717, 1.165) is 62.7 Å². The Morgan fingerprint density at radius 1 is 0.743 bits per heavy atom. The first-order valence-electron chi connectivity index (χ1n) is 13.9. The number of benzene rings is 1. The molecule has 0 spiro atoms. The van der Waals surface area contributed by atoms with Crippen molar-refractivity contribution in [2.45, 2.75) is 104 Å². The third kappa shape index (κ3) is 6.67. The fraction of sp³-hybridized carbons (Fsp3) is 0.516. The second-order valence-corrected chi connectivity index (χ2v) is 11.1. The number of unbranched alkanes of at least 4 members (excludes halogenated alkanes) is 10. The van der Waals surface area contributed by atoms with Crippen LogP contribution in [0.3, 0.4) is 0 Å². The number of hydrogen-bond acceptors (Lipinski definition) is 4. The molecule has 0 saturated heterocycles. The minimum Gasteiger partial charge on any atom is -0.289 e. The molecule has 0 bridgehead atoms. The van der Waals surface area contributed by atoms with Crippen molar-refractivity contribution in [2.24, 2.45) is 0 Å². The van der Waals surface area contributed by atoms with Gasteiger partial charge in [0.05, 0.1) is 0 Å². The molecule has 0 saturated carbocycles. The average Bonchev–Trinajstić information content (AvgIpc) is 3.49. The second-order valence-electron chi connectivity index (χ2n) is 10.00. The van der Waals surface area contributed by atoms with Crippen molar-refractivity contribution in [3.63, 3.8) is 0 Å². The number of fused-ring (bicyclic) bond motifs is 3. The highest BCUT2D eigenvalue weighted by Gasteiger charge is 2.28. The molecule has 2 aromatic rings. The van der Waals surface area contributed by atoms with Crippen LogP contribution >= 0.6 is 11.3 Å². The quantitative estimate of drug-likeness (QED) is 0.235. The van der Waals surface area contributed by atoms with E-state index in [4.69, 9.17) is 0 Å². The van der Waals surface area contributed by atoms with Gasteiger partial charge in [-0.2, -0.15) is 0 Å². The van der Waals surface area contributed by atoms with Gasteiger partial charge in [0.25, 0.3) is 0 Å². The Morgan fingerprint density at radius 2 is 1.43 bits per heavy atom. The van der Waals surface area contributed by atoms with Crippen molar-refractivity contribution in [3.8, 4) is 10.6 Å². The summed E-state index contributed by atoms with van der Waals surface area (Å²) in [6, 6.07) is 6.46. The Balaban J connectivity index is 1.35. The normalized spacial score (nSPS) is 14.5. The number of carbonyl (C=O) groups excluding carboxylic acids is 1. The maximum absolute atomic E-state index is 13.2. The third-order valence-electron chi connectivity index (χ3n) is 7.18. The molecule has 0 fully saturated rings. The summed E-state index contributed by atoms with van der Waals surface area (Å²) < 4.78 is 0. The maximum atomic E-state index is 13.2. The van der Waals surface area contributed by atoms with Gasteiger partial charge in [0.2, 0.25) is 0 Å². The molecule has 0 atom stereocenters. The first-order valence-corrected chi connectivity index (χ1v) is 14.7. The fourth-order valence-corrected chi connectivity index (χ4v) is 5.94. The predicted octanol–water partition coefficient (Wildman–Crippen LogP) is 9.15. The smallest absolute Gasteiger partial charge is 0.189 e. The Morgan fingerprint density at radius 3 is 2.17 bits per heavy atom. The molecule has 1 aromatic carbocycles. The van der Waals surface area contributed by atoms with Crippen LogP contribution in [0.4, 0.5) is 0 Å². The monoisotopic (exact) mass is 488 g/mol. The topological polar surface area (TPSA) is 42.9 Å². The summed E-state index contributed by atoms with van der Waals surface area (Å²) in [7, 11) is 0. The standard InChI is InChI=1S/C31H40N2OS/c1-3-5-7-9-11-13-15-23-17-20-27-26-19-18-24(21-25(26)22-28(27)30(23)34)31-33-32-29(35-31)16-14-12-10-8-6-4-2/h17-22H,3-16H2,1-2H3. The molecule has 2 aliphatic rings. The summed E-state index contributed by atoms with van der Waals surface area (Å²) in [6.07, 6.45) is 23.5. The number of allylic oxidation sites excluding steroid dienone is 5. The van der Waals surface area contributed by atoms with Gasteiger partial charge in [-0.05, 0) is 48.1 Å². The zero-order valence-electron chi connectivity index (χ0n) is 21.6. The first-order chi connectivity index (χ1) is 17.2. The lowest BCUT2D eigenvalue weighted by Gasteiger charge is -2.14. The summed E-state index contributed by atoms with van der Waals surface area (Å²) in [5, 5.41) is 11.0. The van der Waals surface area contributed by atoms with Gasteiger partial charge < -0.3 is 0 Å². The molecule has 0 unspecified atom stereocenters. The lowest BCUT2D eigenvalue weighted by molar-refractivity contribution is -0.112. The van der Waals surface area contributed by atoms with Crippen molar-refractivity contribution in [3.05, 3.63) is 57.6 Å². The molecule has 35 heavy (non-hydrogen) atoms. The van der Waals surface area contributed by atoms with Gasteiger partial charge in [-0.3, -0.25) is 4.79 Å². The number of rotatable bonds is 15. The largest absolute Gasteiger partial charge is 0.289 e. The fourth-order valence-electron chi connectivity index (χ4n) is 5.06. The van der Waals surface area contributed by atoms with Crippen LogP contribution < -0.4 is 0 Å². The minimum atomic E-state index is 0.214. The van der Waals surface area contributed by atoms with Crippen LogP contribution in [0, 0.1) is 0 Å². The van der Waals surface area contributed by atoms with E-state index in [1.54, 1.807) is 11.3 Å². The molecule has 4 heteroatoms. The van der Waals surface area contributed by atoms with E-state index in [2.05, 4.69) is 60.5 Å². The van der Waals surface area contributed by atoms with E-state index in [9.17, 15) is 4.79 Å². The van der Waals surface area contributed by atoms with Gasteiger partial charge in [-0.15, -0.1) is 10.2 Å². The molecular weight excluding hydrogens is 448 g/mol. The minimum absolute atomic E-state index is 0.214. The first kappa shape index (κ1) is 25.8. The Hall–Kier alpha value is -2.33. The number of aromatic nitrogens is 2. The molecule has 0 radical (unpaired) electrons. The van der Waals surface area contributed by atoms with E-state index in [1.165, 1.54) is 70.6 Å². The molecule has 3 nitrogen and oxygen atoms in total. The third-order valence-corrected chi connectivity index (χ3v) is 8.21. The number of carbonyl (C=O) groups is 1. The van der Waals surface area contributed by atoms with Gasteiger partial charge in [-0.25, -0.2) is 0 Å². The molecular formula is C31H40N2OS. The van der Waals surface area contributed by atoms with Crippen LogP contribution in [-0.2, 0) is 11.2 Å². The maximum Gasteiger partial charge on any atom is 0.189 e. The zero-order chi connectivity index (χ0) is 24.5. The van der Waals surface area contributed by atoms with Crippen molar-refractivity contribution < 1.29 is 4.79 Å². The second kappa shape index (κ2) is 13.1. The Labute approximate surface area is 215 Å². The number of nitrogens with zero attached hydrogens (tertiary/aromatic N) is 2. The van der Waals surface area contributed by atoms with Gasteiger partial charge in [0.1, 0.15) is 10.0 Å². The lowest BCUT2D eigenvalue weighted by atomic mass is 9.88. The van der Waals surface area contributed by atoms with E-state index in [1.807, 2.05) is 0 Å². The number of aryl methyl sites for hydroxylation is 1. The van der Waals surface area contributed by atoms with Crippen LogP contribution in [0.25, 0.3) is 22.2 Å². The van der Waals surface area contributed by atoms with Gasteiger partial charge in [0.15, 0.2) is 5.78 Å². The summed E-state index contributed by atoms with van der Waals surface area (Å²) in [5.74, 6) is 0.214. The summed E-state index contributed by atoms with van der Waals surface area (Å²) in [4.78, 5) is 13.2. The summed E-state index contributed by atoms with van der Waals surface area (Å²) in [6.45, 7) is 4.50. The van der Waals surface area contributed by atoms with Crippen molar-refractivity contribution in [1.29, 1.82) is 0 Å². The van der Waals surface area contributed by atoms with Gasteiger partial charge >= 0.3 is 0 Å². The van der Waals surface area contributed by atoms with Crippen molar-refractivity contribution in [1.82, 2.24) is 10.2 Å². The predicted molar refractivity (Wildman–Crippen MR) is 149 cm³/mol. The van der Waals surface area contributed by atoms with Gasteiger partial charge in [-0.1, -0.05) is 114 Å². The molecule has 1 heterocycles. The van der Waals surface area contributed by atoms with Crippen LogP contribution in [0.15, 0.2) is 41.5 Å².